The molecule has 0 aromatic carbocycles. The molecule has 3 N–H and O–H groups in total. The average molecular weight is 159 g/mol. The molecule has 11 heavy (non-hydrogen) atoms. The fourth-order valence-corrected chi connectivity index (χ4v) is 1.57. The van der Waals surface area contributed by atoms with Crippen molar-refractivity contribution in [1.29, 1.82) is 0 Å². The monoisotopic (exact) mass is 159 g/mol. The van der Waals surface area contributed by atoms with E-state index in [0.29, 0.717) is 12.8 Å². The zero-order valence-corrected chi connectivity index (χ0v) is 6.45. The fraction of sp³-hybridized carbons (Fsp3) is 0.857. The second kappa shape index (κ2) is 3.09. The van der Waals surface area contributed by atoms with Crippen LogP contribution in [0, 0.1) is 5.92 Å². The van der Waals surface area contributed by atoms with E-state index in [1.807, 2.05) is 6.92 Å². The minimum atomic E-state index is -1.00. The first-order valence-electron chi connectivity index (χ1n) is 3.77. The first-order valence-corrected chi connectivity index (χ1v) is 3.77. The molecule has 0 aliphatic heterocycles. The van der Waals surface area contributed by atoms with E-state index in [1.54, 1.807) is 0 Å². The SMILES string of the molecule is CC1CC(O)CC1NC(=O)O. The Hall–Kier alpha value is -0.770. The van der Waals surface area contributed by atoms with Gasteiger partial charge in [-0.1, -0.05) is 6.92 Å². The first-order chi connectivity index (χ1) is 5.09. The van der Waals surface area contributed by atoms with E-state index < -0.39 is 6.09 Å². The van der Waals surface area contributed by atoms with E-state index in [0.717, 1.165) is 0 Å². The van der Waals surface area contributed by atoms with Gasteiger partial charge in [0.2, 0.25) is 0 Å². The van der Waals surface area contributed by atoms with Crippen molar-refractivity contribution in [3.05, 3.63) is 0 Å². The molecule has 1 aliphatic rings. The zero-order valence-electron chi connectivity index (χ0n) is 6.45. The second-order valence-electron chi connectivity index (χ2n) is 3.16. The highest BCUT2D eigenvalue weighted by atomic mass is 16.4. The van der Waals surface area contributed by atoms with Crippen LogP contribution >= 0.6 is 0 Å². The number of carbonyl (C=O) groups is 1. The van der Waals surface area contributed by atoms with Crippen molar-refractivity contribution in [3.63, 3.8) is 0 Å². The van der Waals surface area contributed by atoms with Gasteiger partial charge in [-0.3, -0.25) is 0 Å². The summed E-state index contributed by atoms with van der Waals surface area (Å²) < 4.78 is 0. The molecule has 3 atom stereocenters. The van der Waals surface area contributed by atoms with Crippen LogP contribution in [0.5, 0.6) is 0 Å². The molecule has 1 saturated carbocycles. The van der Waals surface area contributed by atoms with Crippen LogP contribution in [0.25, 0.3) is 0 Å². The third-order valence-corrected chi connectivity index (χ3v) is 2.17. The quantitative estimate of drug-likeness (QED) is 0.519. The van der Waals surface area contributed by atoms with E-state index >= 15 is 0 Å². The molecule has 0 saturated heterocycles. The molecule has 0 spiro atoms. The number of aliphatic hydroxyl groups is 1. The first kappa shape index (κ1) is 8.33. The maximum atomic E-state index is 10.2. The minimum Gasteiger partial charge on any atom is -0.465 e. The molecule has 0 aromatic rings. The summed E-state index contributed by atoms with van der Waals surface area (Å²) in [6, 6.07) is -0.0671. The molecule has 1 amide bonds. The van der Waals surface area contributed by atoms with Gasteiger partial charge in [0.05, 0.1) is 6.10 Å². The minimum absolute atomic E-state index is 0.0671. The van der Waals surface area contributed by atoms with Crippen molar-refractivity contribution < 1.29 is 15.0 Å². The molecule has 1 fully saturated rings. The van der Waals surface area contributed by atoms with Gasteiger partial charge in [-0.15, -0.1) is 0 Å². The lowest BCUT2D eigenvalue weighted by molar-refractivity contribution is 0.173. The molecule has 0 heterocycles. The van der Waals surface area contributed by atoms with Crippen LogP contribution in [0.2, 0.25) is 0 Å². The van der Waals surface area contributed by atoms with Crippen LogP contribution in [0.1, 0.15) is 19.8 Å². The van der Waals surface area contributed by atoms with Crippen LogP contribution in [0.15, 0.2) is 0 Å². The molecule has 0 radical (unpaired) electrons. The molecule has 4 heteroatoms. The molecular weight excluding hydrogens is 146 g/mol. The molecule has 1 rings (SSSR count). The molecule has 3 unspecified atom stereocenters. The van der Waals surface area contributed by atoms with E-state index in [1.165, 1.54) is 0 Å². The largest absolute Gasteiger partial charge is 0.465 e. The van der Waals surface area contributed by atoms with Crippen molar-refractivity contribution in [2.45, 2.75) is 31.9 Å². The Bertz CT molecular complexity index is 160. The lowest BCUT2D eigenvalue weighted by atomic mass is 10.1. The zero-order chi connectivity index (χ0) is 8.43. The van der Waals surface area contributed by atoms with E-state index in [4.69, 9.17) is 10.2 Å². The van der Waals surface area contributed by atoms with Crippen molar-refractivity contribution in [2.75, 3.05) is 0 Å². The number of rotatable bonds is 1. The van der Waals surface area contributed by atoms with Gasteiger partial charge < -0.3 is 15.5 Å². The van der Waals surface area contributed by atoms with Gasteiger partial charge >= 0.3 is 6.09 Å². The summed E-state index contributed by atoms with van der Waals surface area (Å²) in [7, 11) is 0. The summed E-state index contributed by atoms with van der Waals surface area (Å²) in [6.07, 6.45) is -0.0869. The smallest absolute Gasteiger partial charge is 0.404 e. The number of aliphatic hydroxyl groups excluding tert-OH is 1. The predicted octanol–water partition coefficient (Wildman–Crippen LogP) is 0.413. The van der Waals surface area contributed by atoms with Gasteiger partial charge in [0, 0.05) is 6.04 Å². The maximum Gasteiger partial charge on any atom is 0.404 e. The molecular formula is C7H13NO3. The average Bonchev–Trinajstić information content (AvgIpc) is 2.09. The van der Waals surface area contributed by atoms with Crippen molar-refractivity contribution >= 4 is 6.09 Å². The van der Waals surface area contributed by atoms with Crippen molar-refractivity contribution in [2.24, 2.45) is 5.92 Å². The van der Waals surface area contributed by atoms with Crippen molar-refractivity contribution in [1.82, 2.24) is 5.32 Å². The Kier molecular flexibility index (Phi) is 2.34. The topological polar surface area (TPSA) is 69.6 Å². The Morgan fingerprint density at radius 3 is 2.55 bits per heavy atom. The van der Waals surface area contributed by atoms with Gasteiger partial charge in [0.25, 0.3) is 0 Å². The maximum absolute atomic E-state index is 10.2. The molecule has 0 bridgehead atoms. The summed E-state index contributed by atoms with van der Waals surface area (Å²) in [5.41, 5.74) is 0. The summed E-state index contributed by atoms with van der Waals surface area (Å²) in [4.78, 5) is 10.2. The van der Waals surface area contributed by atoms with Crippen LogP contribution in [0.4, 0.5) is 4.79 Å². The van der Waals surface area contributed by atoms with Crippen LogP contribution in [-0.2, 0) is 0 Å². The van der Waals surface area contributed by atoms with Gasteiger partial charge in [-0.25, -0.2) is 4.79 Å². The number of amides is 1. The summed E-state index contributed by atoms with van der Waals surface area (Å²) >= 11 is 0. The van der Waals surface area contributed by atoms with Gasteiger partial charge in [-0.2, -0.15) is 0 Å². The van der Waals surface area contributed by atoms with Crippen molar-refractivity contribution in [3.8, 4) is 0 Å². The highest BCUT2D eigenvalue weighted by molar-refractivity contribution is 5.64. The van der Waals surface area contributed by atoms with Crippen LogP contribution in [-0.4, -0.2) is 28.5 Å². The second-order valence-corrected chi connectivity index (χ2v) is 3.16. The number of carboxylic acid groups (broad SMARTS) is 1. The Morgan fingerprint density at radius 2 is 2.18 bits per heavy atom. The normalized spacial score (nSPS) is 37.1. The predicted molar refractivity (Wildman–Crippen MR) is 39.4 cm³/mol. The number of hydrogen-bond acceptors (Lipinski definition) is 2. The van der Waals surface area contributed by atoms with Crippen LogP contribution in [0.3, 0.4) is 0 Å². The standard InChI is InChI=1S/C7H13NO3/c1-4-2-5(9)3-6(4)8-7(10)11/h4-6,8-9H,2-3H2,1H3,(H,10,11). The third-order valence-electron chi connectivity index (χ3n) is 2.17. The van der Waals surface area contributed by atoms with E-state index in [-0.39, 0.29) is 18.1 Å². The number of nitrogens with one attached hydrogen (secondary N) is 1. The summed E-state index contributed by atoms with van der Waals surface area (Å²) in [5.74, 6) is 0.251. The molecule has 4 nitrogen and oxygen atoms in total. The third kappa shape index (κ3) is 2.08. The Morgan fingerprint density at radius 1 is 1.55 bits per heavy atom. The van der Waals surface area contributed by atoms with E-state index in [2.05, 4.69) is 5.32 Å². The fourth-order valence-electron chi connectivity index (χ4n) is 1.57. The Labute approximate surface area is 65.2 Å². The highest BCUT2D eigenvalue weighted by Crippen LogP contribution is 2.25. The van der Waals surface area contributed by atoms with Crippen LogP contribution < -0.4 is 5.32 Å². The van der Waals surface area contributed by atoms with Gasteiger partial charge in [-0.05, 0) is 18.8 Å². The van der Waals surface area contributed by atoms with E-state index in [9.17, 15) is 4.79 Å². The highest BCUT2D eigenvalue weighted by Gasteiger charge is 2.30. The molecule has 64 valence electrons. The van der Waals surface area contributed by atoms with Gasteiger partial charge in [0.1, 0.15) is 0 Å². The summed E-state index contributed by atoms with van der Waals surface area (Å²) in [5, 5.41) is 19.9. The lowest BCUT2D eigenvalue weighted by Crippen LogP contribution is -2.35. The Balaban J connectivity index is 2.40. The number of hydrogen-bond donors (Lipinski definition) is 3. The molecule has 1 aliphatic carbocycles. The lowest BCUT2D eigenvalue weighted by Gasteiger charge is -2.13. The van der Waals surface area contributed by atoms with Gasteiger partial charge in [0.15, 0.2) is 0 Å². The summed E-state index contributed by atoms with van der Waals surface area (Å²) in [6.45, 7) is 1.94. The molecule has 0 aromatic heterocycles.